The predicted molar refractivity (Wildman–Crippen MR) is 91.2 cm³/mol. The first-order valence-corrected chi connectivity index (χ1v) is 7.48. The Bertz CT molecular complexity index is 730. The third kappa shape index (κ3) is 3.43. The number of aromatic nitrogens is 1. The maximum absolute atomic E-state index is 10.2. The highest BCUT2D eigenvalue weighted by Crippen LogP contribution is 2.37. The average molecular weight is 306 g/mol. The van der Waals surface area contributed by atoms with Crippen molar-refractivity contribution in [3.8, 4) is 11.5 Å². The number of benzene rings is 2. The molecular weight excluding hydrogens is 288 g/mol. The van der Waals surface area contributed by atoms with Crippen molar-refractivity contribution in [2.45, 2.75) is 6.42 Å². The molecule has 0 radical (unpaired) electrons. The van der Waals surface area contributed by atoms with Gasteiger partial charge in [-0.3, -0.25) is 4.98 Å². The monoisotopic (exact) mass is 306 g/mol. The summed E-state index contributed by atoms with van der Waals surface area (Å²) < 4.78 is 0. The molecular formula is C19H18N2O2. The number of anilines is 2. The van der Waals surface area contributed by atoms with E-state index in [1.54, 1.807) is 36.7 Å². The molecule has 2 N–H and O–H groups in total. The minimum absolute atomic E-state index is 0.186. The molecule has 0 fully saturated rings. The quantitative estimate of drug-likeness (QED) is 0.751. The summed E-state index contributed by atoms with van der Waals surface area (Å²) in [6.07, 6.45) is 4.30. The van der Waals surface area contributed by atoms with Crippen LogP contribution in [0.25, 0.3) is 0 Å². The number of hydrogen-bond acceptors (Lipinski definition) is 4. The number of phenolic OH excluding ortho intramolecular Hbond substituents is 2. The van der Waals surface area contributed by atoms with Gasteiger partial charge in [-0.25, -0.2) is 0 Å². The van der Waals surface area contributed by atoms with Crippen molar-refractivity contribution in [1.82, 2.24) is 4.98 Å². The van der Waals surface area contributed by atoms with E-state index in [0.29, 0.717) is 17.9 Å². The van der Waals surface area contributed by atoms with E-state index in [1.165, 1.54) is 0 Å². The molecule has 1 heterocycles. The van der Waals surface area contributed by atoms with Crippen LogP contribution in [0.4, 0.5) is 11.4 Å². The molecule has 0 aliphatic heterocycles. The third-order valence-corrected chi connectivity index (χ3v) is 3.72. The summed E-state index contributed by atoms with van der Waals surface area (Å²) in [6.45, 7) is 0.624. The number of hydrogen-bond donors (Lipinski definition) is 2. The van der Waals surface area contributed by atoms with Crippen molar-refractivity contribution in [3.63, 3.8) is 0 Å². The minimum Gasteiger partial charge on any atom is -0.506 e. The lowest BCUT2D eigenvalue weighted by molar-refractivity contribution is 0.470. The molecule has 0 aliphatic rings. The minimum atomic E-state index is 0.186. The zero-order chi connectivity index (χ0) is 16.1. The Hall–Kier alpha value is -3.01. The fourth-order valence-corrected chi connectivity index (χ4v) is 2.55. The number of nitrogens with zero attached hydrogens (tertiary/aromatic N) is 2. The molecule has 0 amide bonds. The second kappa shape index (κ2) is 6.83. The number of para-hydroxylation sites is 4. The first kappa shape index (κ1) is 14.9. The molecule has 0 atom stereocenters. The molecule has 0 saturated heterocycles. The molecule has 2 aromatic carbocycles. The highest BCUT2D eigenvalue weighted by molar-refractivity contribution is 5.72. The summed E-state index contributed by atoms with van der Waals surface area (Å²) in [5.41, 5.74) is 2.49. The highest BCUT2D eigenvalue weighted by Gasteiger charge is 2.15. The first-order valence-electron chi connectivity index (χ1n) is 7.48. The SMILES string of the molecule is Oc1ccccc1N(CCc1ccncc1)c1ccccc1O. The summed E-state index contributed by atoms with van der Waals surface area (Å²) >= 11 is 0. The maximum Gasteiger partial charge on any atom is 0.139 e. The molecule has 4 heteroatoms. The van der Waals surface area contributed by atoms with Gasteiger partial charge < -0.3 is 15.1 Å². The number of aromatic hydroxyl groups is 2. The van der Waals surface area contributed by atoms with Gasteiger partial charge in [0, 0.05) is 18.9 Å². The van der Waals surface area contributed by atoms with Gasteiger partial charge in [0.05, 0.1) is 11.4 Å². The van der Waals surface area contributed by atoms with Crippen LogP contribution in [0.1, 0.15) is 5.56 Å². The van der Waals surface area contributed by atoms with Crippen molar-refractivity contribution >= 4 is 11.4 Å². The number of pyridine rings is 1. The Morgan fingerprint density at radius 3 is 1.78 bits per heavy atom. The van der Waals surface area contributed by atoms with Gasteiger partial charge in [-0.1, -0.05) is 24.3 Å². The van der Waals surface area contributed by atoms with Crippen molar-refractivity contribution in [1.29, 1.82) is 0 Å². The molecule has 0 saturated carbocycles. The molecule has 23 heavy (non-hydrogen) atoms. The van der Waals surface area contributed by atoms with Crippen LogP contribution in [-0.2, 0) is 6.42 Å². The second-order valence-corrected chi connectivity index (χ2v) is 5.23. The molecule has 0 aliphatic carbocycles. The topological polar surface area (TPSA) is 56.6 Å². The molecule has 0 spiro atoms. The van der Waals surface area contributed by atoms with Crippen molar-refractivity contribution < 1.29 is 10.2 Å². The van der Waals surface area contributed by atoms with Crippen LogP contribution in [0, 0.1) is 0 Å². The van der Waals surface area contributed by atoms with E-state index in [0.717, 1.165) is 12.0 Å². The van der Waals surface area contributed by atoms with Gasteiger partial charge in [0.1, 0.15) is 11.5 Å². The summed E-state index contributed by atoms with van der Waals surface area (Å²) in [7, 11) is 0. The van der Waals surface area contributed by atoms with Gasteiger partial charge in [0.15, 0.2) is 0 Å². The van der Waals surface area contributed by atoms with Gasteiger partial charge in [0.2, 0.25) is 0 Å². The van der Waals surface area contributed by atoms with Crippen molar-refractivity contribution in [2.75, 3.05) is 11.4 Å². The zero-order valence-corrected chi connectivity index (χ0v) is 12.6. The Labute approximate surface area is 135 Å². The molecule has 1 aromatic heterocycles. The molecule has 3 aromatic rings. The third-order valence-electron chi connectivity index (χ3n) is 3.72. The van der Waals surface area contributed by atoms with Crippen LogP contribution in [0.5, 0.6) is 11.5 Å². The molecule has 116 valence electrons. The summed E-state index contributed by atoms with van der Waals surface area (Å²) in [5.74, 6) is 0.371. The zero-order valence-electron chi connectivity index (χ0n) is 12.6. The number of phenols is 2. The normalized spacial score (nSPS) is 10.4. The summed E-state index contributed by atoms with van der Waals surface area (Å²) in [4.78, 5) is 5.95. The smallest absolute Gasteiger partial charge is 0.139 e. The van der Waals surface area contributed by atoms with E-state index in [2.05, 4.69) is 4.98 Å². The van der Waals surface area contributed by atoms with E-state index in [9.17, 15) is 10.2 Å². The largest absolute Gasteiger partial charge is 0.506 e. The summed E-state index contributed by atoms with van der Waals surface area (Å²) in [5, 5.41) is 20.4. The standard InChI is InChI=1S/C19H18N2O2/c22-18-7-3-1-5-16(18)21(17-6-2-4-8-19(17)23)14-11-15-9-12-20-13-10-15/h1-10,12-13,22-23H,11,14H2. The van der Waals surface area contributed by atoms with Gasteiger partial charge >= 0.3 is 0 Å². The van der Waals surface area contributed by atoms with Crippen LogP contribution in [0.15, 0.2) is 73.1 Å². The molecule has 4 nitrogen and oxygen atoms in total. The maximum atomic E-state index is 10.2. The van der Waals surface area contributed by atoms with Gasteiger partial charge in [-0.15, -0.1) is 0 Å². The predicted octanol–water partition coefficient (Wildman–Crippen LogP) is 3.87. The lowest BCUT2D eigenvalue weighted by Crippen LogP contribution is -2.20. The van der Waals surface area contributed by atoms with Gasteiger partial charge in [-0.2, -0.15) is 0 Å². The van der Waals surface area contributed by atoms with Crippen molar-refractivity contribution in [2.24, 2.45) is 0 Å². The molecule has 0 bridgehead atoms. The van der Waals surface area contributed by atoms with Gasteiger partial charge in [-0.05, 0) is 48.4 Å². The van der Waals surface area contributed by atoms with Crippen LogP contribution in [0.3, 0.4) is 0 Å². The van der Waals surface area contributed by atoms with Gasteiger partial charge in [0.25, 0.3) is 0 Å². The van der Waals surface area contributed by atoms with E-state index in [-0.39, 0.29) is 11.5 Å². The second-order valence-electron chi connectivity index (χ2n) is 5.23. The highest BCUT2D eigenvalue weighted by atomic mass is 16.3. The Balaban J connectivity index is 1.94. The van der Waals surface area contributed by atoms with Crippen LogP contribution < -0.4 is 4.90 Å². The Morgan fingerprint density at radius 2 is 1.26 bits per heavy atom. The van der Waals surface area contributed by atoms with Crippen LogP contribution >= 0.6 is 0 Å². The average Bonchev–Trinajstić information content (AvgIpc) is 2.59. The van der Waals surface area contributed by atoms with E-state index in [1.807, 2.05) is 41.3 Å². The lowest BCUT2D eigenvalue weighted by Gasteiger charge is -2.26. The van der Waals surface area contributed by atoms with E-state index >= 15 is 0 Å². The van der Waals surface area contributed by atoms with Crippen LogP contribution in [-0.4, -0.2) is 21.7 Å². The van der Waals surface area contributed by atoms with Crippen molar-refractivity contribution in [3.05, 3.63) is 78.6 Å². The number of rotatable bonds is 5. The van der Waals surface area contributed by atoms with E-state index < -0.39 is 0 Å². The fraction of sp³-hybridized carbons (Fsp3) is 0.105. The molecule has 3 rings (SSSR count). The Kier molecular flexibility index (Phi) is 4.43. The van der Waals surface area contributed by atoms with Crippen LogP contribution in [0.2, 0.25) is 0 Å². The summed E-state index contributed by atoms with van der Waals surface area (Å²) in [6, 6.07) is 18.2. The lowest BCUT2D eigenvalue weighted by atomic mass is 10.1. The molecule has 0 unspecified atom stereocenters. The Morgan fingerprint density at radius 1 is 0.739 bits per heavy atom. The fourth-order valence-electron chi connectivity index (χ4n) is 2.55. The van der Waals surface area contributed by atoms with E-state index in [4.69, 9.17) is 0 Å². The first-order chi connectivity index (χ1) is 11.3.